The number of unbranched alkanes of at least 4 members (excludes halogenated alkanes) is 2. The predicted molar refractivity (Wildman–Crippen MR) is 104 cm³/mol. The Hall–Kier alpha value is -2.08. The van der Waals surface area contributed by atoms with E-state index in [1.165, 1.54) is 25.7 Å². The molecule has 1 aromatic heterocycles. The molecule has 24 heavy (non-hydrogen) atoms. The highest BCUT2D eigenvalue weighted by atomic mass is 32.1. The van der Waals surface area contributed by atoms with E-state index in [9.17, 15) is 0 Å². The zero-order chi connectivity index (χ0) is 17.2. The summed E-state index contributed by atoms with van der Waals surface area (Å²) in [6.07, 6.45) is 8.37. The number of hydrogen-bond acceptors (Lipinski definition) is 4. The Balaban J connectivity index is 1.75. The Morgan fingerprint density at radius 1 is 1.29 bits per heavy atom. The monoisotopic (exact) mass is 343 g/mol. The van der Waals surface area contributed by atoms with Gasteiger partial charge in [-0.15, -0.1) is 0 Å². The van der Waals surface area contributed by atoms with E-state index in [1.807, 2.05) is 24.3 Å². The molecular weight excluding hydrogens is 318 g/mol. The summed E-state index contributed by atoms with van der Waals surface area (Å²) >= 11 is 5.23. The zero-order valence-electron chi connectivity index (χ0n) is 14.3. The first kappa shape index (κ1) is 18.3. The van der Waals surface area contributed by atoms with Gasteiger partial charge in [0.05, 0.1) is 23.4 Å². The molecule has 0 radical (unpaired) electrons. The molecule has 5 nitrogen and oxygen atoms in total. The molecule has 0 saturated heterocycles. The molecule has 0 amide bonds. The summed E-state index contributed by atoms with van der Waals surface area (Å²) in [5.74, 6) is 0.603. The molecule has 0 aliphatic carbocycles. The number of nitrogens with one attached hydrogen (secondary N) is 2. The van der Waals surface area contributed by atoms with Crippen LogP contribution in [0.1, 0.15) is 45.2 Å². The number of benzene rings is 1. The van der Waals surface area contributed by atoms with Crippen LogP contribution < -0.4 is 10.7 Å². The van der Waals surface area contributed by atoms with Crippen LogP contribution in [0.4, 0.5) is 0 Å². The highest BCUT2D eigenvalue weighted by Gasteiger charge is 2.02. The van der Waals surface area contributed by atoms with E-state index in [1.54, 1.807) is 12.4 Å². The molecule has 0 fully saturated rings. The molecule has 0 aliphatic heterocycles. The second kappa shape index (κ2) is 9.93. The van der Waals surface area contributed by atoms with Crippen molar-refractivity contribution in [2.45, 2.75) is 39.5 Å². The maximum absolute atomic E-state index is 5.23. The number of thiocarbonyl (C=S) groups is 1. The third-order valence-corrected chi connectivity index (χ3v) is 3.98. The molecule has 2 aromatic rings. The van der Waals surface area contributed by atoms with Crippen molar-refractivity contribution in [1.29, 1.82) is 0 Å². The van der Waals surface area contributed by atoms with Gasteiger partial charge in [-0.3, -0.25) is 10.4 Å². The van der Waals surface area contributed by atoms with E-state index >= 15 is 0 Å². The fourth-order valence-corrected chi connectivity index (χ4v) is 2.48. The molecule has 1 aromatic carbocycles. The normalized spacial score (nSPS) is 12.4. The van der Waals surface area contributed by atoms with Gasteiger partial charge in [-0.05, 0) is 36.7 Å². The van der Waals surface area contributed by atoms with Crippen molar-refractivity contribution in [3.05, 3.63) is 36.2 Å². The molecule has 128 valence electrons. The second-order valence-corrected chi connectivity index (χ2v) is 6.37. The van der Waals surface area contributed by atoms with Gasteiger partial charge in [0.2, 0.25) is 0 Å². The third kappa shape index (κ3) is 6.20. The van der Waals surface area contributed by atoms with E-state index < -0.39 is 0 Å². The summed E-state index contributed by atoms with van der Waals surface area (Å²) in [5.41, 5.74) is 5.24. The van der Waals surface area contributed by atoms with Crippen LogP contribution in [0.25, 0.3) is 11.0 Å². The van der Waals surface area contributed by atoms with Crippen LogP contribution in [0.2, 0.25) is 0 Å². The quantitative estimate of drug-likeness (QED) is 0.332. The average Bonchev–Trinajstić information content (AvgIpc) is 2.60. The van der Waals surface area contributed by atoms with Gasteiger partial charge in [-0.1, -0.05) is 45.2 Å². The Morgan fingerprint density at radius 2 is 2.08 bits per heavy atom. The second-order valence-electron chi connectivity index (χ2n) is 5.96. The summed E-state index contributed by atoms with van der Waals surface area (Å²) in [6, 6.07) is 7.75. The van der Waals surface area contributed by atoms with Crippen molar-refractivity contribution in [2.24, 2.45) is 11.0 Å². The topological polar surface area (TPSA) is 62.2 Å². The lowest BCUT2D eigenvalue weighted by Gasteiger charge is -2.13. The Labute approximate surface area is 149 Å². The first-order chi connectivity index (χ1) is 11.7. The van der Waals surface area contributed by atoms with Crippen molar-refractivity contribution in [3.63, 3.8) is 0 Å². The lowest BCUT2D eigenvalue weighted by Crippen LogP contribution is -2.35. The van der Waals surface area contributed by atoms with Crippen LogP contribution in [0, 0.1) is 5.92 Å². The number of aromatic nitrogens is 2. The summed E-state index contributed by atoms with van der Waals surface area (Å²) in [6.45, 7) is 5.32. The fraction of sp³-hybridized carbons (Fsp3) is 0.444. The third-order valence-electron chi connectivity index (χ3n) is 3.74. The van der Waals surface area contributed by atoms with E-state index in [0.29, 0.717) is 16.7 Å². The number of para-hydroxylation sites is 2. The number of rotatable bonds is 8. The molecule has 0 aliphatic rings. The zero-order valence-corrected chi connectivity index (χ0v) is 15.1. The van der Waals surface area contributed by atoms with Crippen molar-refractivity contribution in [3.8, 4) is 0 Å². The summed E-state index contributed by atoms with van der Waals surface area (Å²) in [4.78, 5) is 8.82. The van der Waals surface area contributed by atoms with E-state index in [0.717, 1.165) is 17.6 Å². The van der Waals surface area contributed by atoms with E-state index in [4.69, 9.17) is 12.2 Å². The molecule has 1 heterocycles. The number of fused-ring (bicyclic) bond motifs is 1. The van der Waals surface area contributed by atoms with Crippen LogP contribution in [-0.4, -0.2) is 27.8 Å². The lowest BCUT2D eigenvalue weighted by molar-refractivity contribution is 0.487. The maximum atomic E-state index is 5.23. The molecule has 1 atom stereocenters. The molecule has 6 heteroatoms. The largest absolute Gasteiger partial charge is 0.361 e. The number of nitrogens with zero attached hydrogens (tertiary/aromatic N) is 3. The minimum absolute atomic E-state index is 0.530. The highest BCUT2D eigenvalue weighted by Crippen LogP contribution is 2.08. The smallest absolute Gasteiger partial charge is 0.186 e. The lowest BCUT2D eigenvalue weighted by atomic mass is 10.0. The van der Waals surface area contributed by atoms with Gasteiger partial charge >= 0.3 is 0 Å². The van der Waals surface area contributed by atoms with Crippen LogP contribution in [0.5, 0.6) is 0 Å². The number of hydrazone groups is 1. The minimum atomic E-state index is 0.530. The van der Waals surface area contributed by atoms with Crippen LogP contribution >= 0.6 is 12.2 Å². The van der Waals surface area contributed by atoms with Gasteiger partial charge in [0.1, 0.15) is 5.69 Å². The van der Waals surface area contributed by atoms with Crippen LogP contribution in [0.3, 0.4) is 0 Å². The summed E-state index contributed by atoms with van der Waals surface area (Å²) < 4.78 is 0. The molecular formula is C18H25N5S. The van der Waals surface area contributed by atoms with Crippen LogP contribution in [0.15, 0.2) is 35.6 Å². The van der Waals surface area contributed by atoms with E-state index in [-0.39, 0.29) is 0 Å². The van der Waals surface area contributed by atoms with Gasteiger partial charge < -0.3 is 5.32 Å². The van der Waals surface area contributed by atoms with E-state index in [2.05, 4.69) is 39.7 Å². The standard InChI is InChI=1S/C18H25N5S/c1-3-4-5-8-14(2)11-20-18(24)23-21-13-15-12-19-16-9-6-7-10-17(16)22-15/h6-7,9-10,12-14H,3-5,8,11H2,1-2H3,(H2,20,23,24)/b21-13-/t14-/m1/s1. The first-order valence-electron chi connectivity index (χ1n) is 8.47. The average molecular weight is 344 g/mol. The minimum Gasteiger partial charge on any atom is -0.361 e. The van der Waals surface area contributed by atoms with Gasteiger partial charge in [0.25, 0.3) is 0 Å². The molecule has 2 N–H and O–H groups in total. The predicted octanol–water partition coefficient (Wildman–Crippen LogP) is 3.64. The Morgan fingerprint density at radius 3 is 2.88 bits per heavy atom. The maximum Gasteiger partial charge on any atom is 0.186 e. The summed E-state index contributed by atoms with van der Waals surface area (Å²) in [5, 5.41) is 7.85. The van der Waals surface area contributed by atoms with Crippen LogP contribution in [-0.2, 0) is 0 Å². The molecule has 2 rings (SSSR count). The van der Waals surface area contributed by atoms with Crippen molar-refractivity contribution >= 4 is 34.6 Å². The highest BCUT2D eigenvalue weighted by molar-refractivity contribution is 7.80. The molecule has 0 spiro atoms. The molecule has 0 saturated carbocycles. The van der Waals surface area contributed by atoms with Crippen molar-refractivity contribution in [2.75, 3.05) is 6.54 Å². The molecule has 0 bridgehead atoms. The Kier molecular flexibility index (Phi) is 7.55. The molecule has 0 unspecified atom stereocenters. The van der Waals surface area contributed by atoms with Gasteiger partial charge in [0, 0.05) is 6.54 Å². The summed E-state index contributed by atoms with van der Waals surface area (Å²) in [7, 11) is 0. The van der Waals surface area contributed by atoms with Gasteiger partial charge in [-0.25, -0.2) is 4.98 Å². The first-order valence-corrected chi connectivity index (χ1v) is 8.88. The number of hydrogen-bond donors (Lipinski definition) is 2. The van der Waals surface area contributed by atoms with Crippen molar-refractivity contribution < 1.29 is 0 Å². The van der Waals surface area contributed by atoms with Gasteiger partial charge in [-0.2, -0.15) is 5.10 Å². The SMILES string of the molecule is CCCCC[C@@H](C)CNC(=S)N/N=C\c1cnc2ccccc2n1. The van der Waals surface area contributed by atoms with Crippen molar-refractivity contribution in [1.82, 2.24) is 20.7 Å². The fourth-order valence-electron chi connectivity index (χ4n) is 2.34. The Bertz CT molecular complexity index is 686. The van der Waals surface area contributed by atoms with Gasteiger partial charge in [0.15, 0.2) is 5.11 Å².